The minimum atomic E-state index is 0.429. The van der Waals surface area contributed by atoms with Crippen LogP contribution in [-0.4, -0.2) is 30.2 Å². The first kappa shape index (κ1) is 12.3. The van der Waals surface area contributed by atoms with Gasteiger partial charge in [-0.15, -0.1) is 0 Å². The minimum Gasteiger partial charge on any atom is -0.399 e. The molecule has 98 valence electrons. The number of nitrogens with two attached hydrogens (primary N) is 1. The summed E-state index contributed by atoms with van der Waals surface area (Å²) < 4.78 is 5.82. The lowest BCUT2D eigenvalue weighted by Gasteiger charge is -2.37. The molecule has 3 rings (SSSR count). The van der Waals surface area contributed by atoms with Crippen LogP contribution in [0.5, 0.6) is 0 Å². The van der Waals surface area contributed by atoms with E-state index in [2.05, 4.69) is 4.90 Å². The minimum absolute atomic E-state index is 0.429. The van der Waals surface area contributed by atoms with E-state index in [9.17, 15) is 0 Å². The summed E-state index contributed by atoms with van der Waals surface area (Å²) in [5, 5.41) is 0.810. The molecule has 18 heavy (non-hydrogen) atoms. The summed E-state index contributed by atoms with van der Waals surface area (Å²) in [7, 11) is 0. The van der Waals surface area contributed by atoms with Crippen LogP contribution < -0.4 is 5.73 Å². The summed E-state index contributed by atoms with van der Waals surface area (Å²) in [5.74, 6) is 0. The lowest BCUT2D eigenvalue weighted by Crippen LogP contribution is -2.47. The first-order chi connectivity index (χ1) is 8.74. The van der Waals surface area contributed by atoms with Gasteiger partial charge in [0.2, 0.25) is 0 Å². The van der Waals surface area contributed by atoms with Gasteiger partial charge in [-0.05, 0) is 43.0 Å². The Bertz CT molecular complexity index is 438. The van der Waals surface area contributed by atoms with E-state index >= 15 is 0 Å². The van der Waals surface area contributed by atoms with E-state index in [4.69, 9.17) is 22.1 Å². The van der Waals surface area contributed by atoms with Crippen LogP contribution in [0.1, 0.15) is 24.8 Å². The molecule has 2 fully saturated rings. The largest absolute Gasteiger partial charge is 0.399 e. The Morgan fingerprint density at radius 3 is 3.17 bits per heavy atom. The van der Waals surface area contributed by atoms with Crippen LogP contribution in [0, 0.1) is 0 Å². The number of hydrogen-bond acceptors (Lipinski definition) is 3. The number of hydrogen-bond donors (Lipinski definition) is 1. The predicted molar refractivity (Wildman–Crippen MR) is 73.7 cm³/mol. The molecule has 2 aliphatic rings. The van der Waals surface area contributed by atoms with Gasteiger partial charge in [-0.25, -0.2) is 0 Å². The molecule has 1 saturated heterocycles. The number of nitrogens with zero attached hydrogens (tertiary/aromatic N) is 1. The van der Waals surface area contributed by atoms with Crippen molar-refractivity contribution in [3.8, 4) is 0 Å². The summed E-state index contributed by atoms with van der Waals surface area (Å²) >= 11 is 6.24. The SMILES string of the molecule is Nc1ccc(Cl)c(CN2CCOC3CCCC32)c1. The van der Waals surface area contributed by atoms with E-state index in [-0.39, 0.29) is 0 Å². The zero-order valence-electron chi connectivity index (χ0n) is 10.4. The monoisotopic (exact) mass is 266 g/mol. The molecular weight excluding hydrogens is 248 g/mol. The first-order valence-corrected chi connectivity index (χ1v) is 7.01. The summed E-state index contributed by atoms with van der Waals surface area (Å²) in [6.07, 6.45) is 4.14. The topological polar surface area (TPSA) is 38.5 Å². The molecule has 3 nitrogen and oxygen atoms in total. The number of morpholine rings is 1. The third-order valence-corrected chi connectivity index (χ3v) is 4.41. The third kappa shape index (κ3) is 2.35. The van der Waals surface area contributed by atoms with E-state index in [1.165, 1.54) is 19.3 Å². The summed E-state index contributed by atoms with van der Waals surface area (Å²) in [6.45, 7) is 2.71. The highest BCUT2D eigenvalue weighted by atomic mass is 35.5. The van der Waals surface area contributed by atoms with Crippen molar-refractivity contribution in [2.75, 3.05) is 18.9 Å². The lowest BCUT2D eigenvalue weighted by molar-refractivity contribution is -0.0588. The third-order valence-electron chi connectivity index (χ3n) is 4.04. The molecule has 0 radical (unpaired) electrons. The van der Waals surface area contributed by atoms with Gasteiger partial charge in [0.25, 0.3) is 0 Å². The van der Waals surface area contributed by atoms with Gasteiger partial charge in [0, 0.05) is 29.8 Å². The molecule has 1 saturated carbocycles. The molecule has 1 aliphatic heterocycles. The van der Waals surface area contributed by atoms with Gasteiger partial charge in [0.15, 0.2) is 0 Å². The van der Waals surface area contributed by atoms with Gasteiger partial charge in [0.1, 0.15) is 0 Å². The Labute approximate surface area is 113 Å². The second kappa shape index (κ2) is 5.08. The molecule has 1 aliphatic carbocycles. The van der Waals surface area contributed by atoms with E-state index < -0.39 is 0 Å². The normalized spacial score (nSPS) is 28.3. The van der Waals surface area contributed by atoms with Crippen molar-refractivity contribution in [3.63, 3.8) is 0 Å². The molecule has 1 aromatic rings. The van der Waals surface area contributed by atoms with Crippen molar-refractivity contribution in [3.05, 3.63) is 28.8 Å². The number of rotatable bonds is 2. The van der Waals surface area contributed by atoms with Crippen LogP contribution in [0.2, 0.25) is 5.02 Å². The maximum Gasteiger partial charge on any atom is 0.0731 e. The van der Waals surface area contributed by atoms with Gasteiger partial charge < -0.3 is 10.5 Å². The smallest absolute Gasteiger partial charge is 0.0731 e. The zero-order valence-corrected chi connectivity index (χ0v) is 11.2. The van der Waals surface area contributed by atoms with Crippen LogP contribution >= 0.6 is 11.6 Å². The lowest BCUT2D eigenvalue weighted by atomic mass is 10.1. The fourth-order valence-electron chi connectivity index (χ4n) is 3.14. The van der Waals surface area contributed by atoms with Crippen LogP contribution in [0.25, 0.3) is 0 Å². The van der Waals surface area contributed by atoms with Crippen LogP contribution in [-0.2, 0) is 11.3 Å². The second-order valence-electron chi connectivity index (χ2n) is 5.23. The fourth-order valence-corrected chi connectivity index (χ4v) is 3.31. The summed E-state index contributed by atoms with van der Waals surface area (Å²) in [5.41, 5.74) is 7.75. The molecule has 2 atom stereocenters. The average molecular weight is 267 g/mol. The number of ether oxygens (including phenoxy) is 1. The van der Waals surface area contributed by atoms with E-state index in [0.29, 0.717) is 12.1 Å². The Balaban J connectivity index is 1.77. The zero-order chi connectivity index (χ0) is 12.5. The average Bonchev–Trinajstić information content (AvgIpc) is 2.83. The van der Waals surface area contributed by atoms with Gasteiger partial charge in [-0.1, -0.05) is 11.6 Å². The quantitative estimate of drug-likeness (QED) is 0.837. The number of halogens is 1. The number of benzene rings is 1. The summed E-state index contributed by atoms with van der Waals surface area (Å²) in [4.78, 5) is 2.50. The molecule has 2 unspecified atom stereocenters. The van der Waals surface area contributed by atoms with Crippen LogP contribution in [0.3, 0.4) is 0 Å². The van der Waals surface area contributed by atoms with Crippen molar-refractivity contribution in [1.82, 2.24) is 4.90 Å². The van der Waals surface area contributed by atoms with Crippen molar-refractivity contribution in [2.45, 2.75) is 38.0 Å². The summed E-state index contributed by atoms with van der Waals surface area (Å²) in [6, 6.07) is 6.29. The maximum atomic E-state index is 6.24. The molecule has 0 bridgehead atoms. The standard InChI is InChI=1S/C14H19ClN2O/c15-12-5-4-11(16)8-10(12)9-17-6-7-18-14-3-1-2-13(14)17/h4-5,8,13-14H,1-3,6-7,9,16H2. The predicted octanol–water partition coefficient (Wildman–Crippen LogP) is 2.68. The highest BCUT2D eigenvalue weighted by Gasteiger charge is 2.35. The van der Waals surface area contributed by atoms with E-state index in [1.54, 1.807) is 0 Å². The van der Waals surface area contributed by atoms with Gasteiger partial charge in [-0.3, -0.25) is 4.90 Å². The van der Waals surface area contributed by atoms with E-state index in [1.807, 2.05) is 18.2 Å². The second-order valence-corrected chi connectivity index (χ2v) is 5.64. The highest BCUT2D eigenvalue weighted by Crippen LogP contribution is 2.31. The van der Waals surface area contributed by atoms with Gasteiger partial charge >= 0.3 is 0 Å². The van der Waals surface area contributed by atoms with Crippen LogP contribution in [0.15, 0.2) is 18.2 Å². The van der Waals surface area contributed by atoms with Crippen LogP contribution in [0.4, 0.5) is 5.69 Å². The number of nitrogen functional groups attached to an aromatic ring is 1. The van der Waals surface area contributed by atoms with Crippen molar-refractivity contribution in [1.29, 1.82) is 0 Å². The molecule has 1 aromatic carbocycles. The Kier molecular flexibility index (Phi) is 3.46. The number of fused-ring (bicyclic) bond motifs is 1. The molecule has 0 spiro atoms. The Morgan fingerprint density at radius 1 is 1.39 bits per heavy atom. The van der Waals surface area contributed by atoms with Crippen molar-refractivity contribution in [2.24, 2.45) is 0 Å². The molecule has 0 amide bonds. The fraction of sp³-hybridized carbons (Fsp3) is 0.571. The van der Waals surface area contributed by atoms with Gasteiger partial charge in [0.05, 0.1) is 12.7 Å². The Hall–Kier alpha value is -0.770. The first-order valence-electron chi connectivity index (χ1n) is 6.63. The maximum absolute atomic E-state index is 6.24. The molecule has 4 heteroatoms. The molecular formula is C14H19ClN2O. The Morgan fingerprint density at radius 2 is 2.28 bits per heavy atom. The highest BCUT2D eigenvalue weighted by molar-refractivity contribution is 6.31. The molecule has 1 heterocycles. The van der Waals surface area contributed by atoms with Crippen molar-refractivity contribution < 1.29 is 4.74 Å². The van der Waals surface area contributed by atoms with Crippen molar-refractivity contribution >= 4 is 17.3 Å². The molecule has 0 aromatic heterocycles. The molecule has 2 N–H and O–H groups in total. The van der Waals surface area contributed by atoms with E-state index in [0.717, 1.165) is 36.0 Å². The number of anilines is 1. The van der Waals surface area contributed by atoms with Gasteiger partial charge in [-0.2, -0.15) is 0 Å².